The molecule has 3 aromatic rings. The number of hydrogen-bond donors (Lipinski definition) is 2. The molecule has 3 amide bonds. The van der Waals surface area contributed by atoms with Crippen LogP contribution in [0.2, 0.25) is 0 Å². The van der Waals surface area contributed by atoms with Gasteiger partial charge in [-0.2, -0.15) is 0 Å². The number of carbonyl (C=O) groups excluding carboxylic acids is 2. The molecule has 1 aliphatic rings. The minimum Gasteiger partial charge on any atom is -0.324 e. The second kappa shape index (κ2) is 7.75. The lowest BCUT2D eigenvalue weighted by atomic mass is 9.97. The number of fused-ring (bicyclic) bond motifs is 1. The van der Waals surface area contributed by atoms with Crippen molar-refractivity contribution in [3.63, 3.8) is 0 Å². The fourth-order valence-electron chi connectivity index (χ4n) is 3.40. The molecule has 1 saturated heterocycles. The molecule has 2 aromatic carbocycles. The molecule has 7 heteroatoms. The number of hydrogen-bond acceptors (Lipinski definition) is 4. The van der Waals surface area contributed by atoms with Gasteiger partial charge in [0.25, 0.3) is 0 Å². The summed E-state index contributed by atoms with van der Waals surface area (Å²) >= 11 is 1.39. The maximum atomic E-state index is 12.8. The van der Waals surface area contributed by atoms with Crippen LogP contribution in [0.4, 0.5) is 15.6 Å². The largest absolute Gasteiger partial charge is 0.324 e. The third-order valence-corrected chi connectivity index (χ3v) is 5.46. The number of thiazole rings is 1. The molecule has 6 nitrogen and oxygen atoms in total. The number of likely N-dealkylation sites (tertiary alicyclic amines) is 1. The number of nitrogens with one attached hydrogen (secondary N) is 2. The van der Waals surface area contributed by atoms with E-state index >= 15 is 0 Å². The SMILES string of the molecule is O=C(Nc1nccs1)[C@@H]1CCCN(C(=O)Nc2cccc3ccccc23)C1. The summed E-state index contributed by atoms with van der Waals surface area (Å²) in [7, 11) is 0. The van der Waals surface area contributed by atoms with E-state index in [1.54, 1.807) is 11.1 Å². The van der Waals surface area contributed by atoms with Gasteiger partial charge in [-0.3, -0.25) is 4.79 Å². The maximum absolute atomic E-state index is 12.8. The van der Waals surface area contributed by atoms with Crippen LogP contribution >= 0.6 is 11.3 Å². The van der Waals surface area contributed by atoms with Crippen molar-refractivity contribution in [2.75, 3.05) is 23.7 Å². The lowest BCUT2D eigenvalue weighted by molar-refractivity contribution is -0.121. The van der Waals surface area contributed by atoms with E-state index in [0.717, 1.165) is 29.3 Å². The molecule has 27 heavy (non-hydrogen) atoms. The Balaban J connectivity index is 1.43. The molecule has 4 rings (SSSR count). The number of urea groups is 1. The van der Waals surface area contributed by atoms with Crippen molar-refractivity contribution in [1.29, 1.82) is 0 Å². The predicted molar refractivity (Wildman–Crippen MR) is 108 cm³/mol. The van der Waals surface area contributed by atoms with Gasteiger partial charge in [0.1, 0.15) is 0 Å². The Bertz CT molecular complexity index is 952. The normalized spacial score (nSPS) is 16.9. The van der Waals surface area contributed by atoms with Crippen LogP contribution in [0.25, 0.3) is 10.8 Å². The zero-order valence-electron chi connectivity index (χ0n) is 14.7. The molecule has 2 N–H and O–H groups in total. The molecule has 138 valence electrons. The van der Waals surface area contributed by atoms with Crippen LogP contribution in [0.1, 0.15) is 12.8 Å². The molecule has 1 atom stereocenters. The monoisotopic (exact) mass is 380 g/mol. The van der Waals surface area contributed by atoms with Crippen molar-refractivity contribution >= 4 is 44.9 Å². The van der Waals surface area contributed by atoms with Crippen molar-refractivity contribution < 1.29 is 9.59 Å². The molecule has 0 spiro atoms. The summed E-state index contributed by atoms with van der Waals surface area (Å²) in [6, 6.07) is 13.6. The minimum absolute atomic E-state index is 0.0763. The molecule has 2 heterocycles. The van der Waals surface area contributed by atoms with Crippen molar-refractivity contribution in [3.8, 4) is 0 Å². The molecule has 0 radical (unpaired) electrons. The smallest absolute Gasteiger partial charge is 0.321 e. The summed E-state index contributed by atoms with van der Waals surface area (Å²) in [4.78, 5) is 31.0. The van der Waals surface area contributed by atoms with Crippen LogP contribution in [0.15, 0.2) is 54.0 Å². The van der Waals surface area contributed by atoms with E-state index in [4.69, 9.17) is 0 Å². The van der Waals surface area contributed by atoms with Gasteiger partial charge in [-0.25, -0.2) is 9.78 Å². The average Bonchev–Trinajstić information content (AvgIpc) is 3.21. The molecule has 0 unspecified atom stereocenters. The van der Waals surface area contributed by atoms with Crippen LogP contribution in [-0.4, -0.2) is 34.9 Å². The zero-order valence-corrected chi connectivity index (χ0v) is 15.5. The molecule has 0 bridgehead atoms. The fourth-order valence-corrected chi connectivity index (χ4v) is 3.93. The summed E-state index contributed by atoms with van der Waals surface area (Å²) in [6.45, 7) is 1.06. The third kappa shape index (κ3) is 3.93. The Morgan fingerprint density at radius 1 is 1.11 bits per heavy atom. The molecule has 0 aliphatic carbocycles. The lowest BCUT2D eigenvalue weighted by Crippen LogP contribution is -2.45. The first-order valence-electron chi connectivity index (χ1n) is 8.95. The molecule has 0 saturated carbocycles. The first-order valence-corrected chi connectivity index (χ1v) is 9.83. The van der Waals surface area contributed by atoms with Crippen molar-refractivity contribution in [1.82, 2.24) is 9.88 Å². The van der Waals surface area contributed by atoms with Gasteiger partial charge in [0, 0.05) is 30.1 Å². The molecular formula is C20H20N4O2S. The van der Waals surface area contributed by atoms with Crippen LogP contribution in [0, 0.1) is 5.92 Å². The fraction of sp³-hybridized carbons (Fsp3) is 0.250. The van der Waals surface area contributed by atoms with E-state index in [9.17, 15) is 9.59 Å². The maximum Gasteiger partial charge on any atom is 0.321 e. The third-order valence-electron chi connectivity index (χ3n) is 4.77. The Kier molecular flexibility index (Phi) is 5.02. The van der Waals surface area contributed by atoms with E-state index in [-0.39, 0.29) is 17.9 Å². The second-order valence-electron chi connectivity index (χ2n) is 6.57. The van der Waals surface area contributed by atoms with Gasteiger partial charge in [-0.15, -0.1) is 11.3 Å². The van der Waals surface area contributed by atoms with Gasteiger partial charge in [0.05, 0.1) is 11.6 Å². The van der Waals surface area contributed by atoms with Crippen LogP contribution in [0.5, 0.6) is 0 Å². The molecule has 1 aliphatic heterocycles. The number of amides is 3. The number of anilines is 2. The molecule has 1 fully saturated rings. The number of piperidine rings is 1. The van der Waals surface area contributed by atoms with Crippen molar-refractivity contribution in [2.24, 2.45) is 5.92 Å². The first-order chi connectivity index (χ1) is 13.2. The standard InChI is InChI=1S/C20H20N4O2S/c25-18(23-19-21-10-12-27-19)15-7-4-11-24(13-15)20(26)22-17-9-3-6-14-5-1-2-8-16(14)17/h1-3,5-6,8-10,12,15H,4,7,11,13H2,(H,22,26)(H,21,23,25)/t15-/m1/s1. The number of aromatic nitrogens is 1. The summed E-state index contributed by atoms with van der Waals surface area (Å²) in [5, 5.41) is 10.3. The highest BCUT2D eigenvalue weighted by Crippen LogP contribution is 2.25. The number of carbonyl (C=O) groups is 2. The van der Waals surface area contributed by atoms with E-state index in [0.29, 0.717) is 18.2 Å². The summed E-state index contributed by atoms with van der Waals surface area (Å²) in [6.07, 6.45) is 3.24. The Morgan fingerprint density at radius 2 is 1.96 bits per heavy atom. The number of rotatable bonds is 3. The van der Waals surface area contributed by atoms with E-state index in [1.807, 2.05) is 47.8 Å². The van der Waals surface area contributed by atoms with E-state index in [2.05, 4.69) is 15.6 Å². The predicted octanol–water partition coefficient (Wildman–Crippen LogP) is 4.18. The van der Waals surface area contributed by atoms with Gasteiger partial charge in [-0.05, 0) is 24.3 Å². The second-order valence-corrected chi connectivity index (χ2v) is 7.46. The summed E-state index contributed by atoms with van der Waals surface area (Å²) < 4.78 is 0. The first kappa shape index (κ1) is 17.5. The number of benzene rings is 2. The van der Waals surface area contributed by atoms with Gasteiger partial charge in [-0.1, -0.05) is 36.4 Å². The van der Waals surface area contributed by atoms with Crippen LogP contribution in [0.3, 0.4) is 0 Å². The minimum atomic E-state index is -0.221. The van der Waals surface area contributed by atoms with E-state index < -0.39 is 0 Å². The van der Waals surface area contributed by atoms with Gasteiger partial charge < -0.3 is 15.5 Å². The topological polar surface area (TPSA) is 74.3 Å². The highest BCUT2D eigenvalue weighted by Gasteiger charge is 2.29. The Morgan fingerprint density at radius 3 is 2.81 bits per heavy atom. The molecular weight excluding hydrogens is 360 g/mol. The highest BCUT2D eigenvalue weighted by molar-refractivity contribution is 7.13. The lowest BCUT2D eigenvalue weighted by Gasteiger charge is -2.32. The number of nitrogens with zero attached hydrogens (tertiary/aromatic N) is 2. The van der Waals surface area contributed by atoms with Crippen molar-refractivity contribution in [2.45, 2.75) is 12.8 Å². The van der Waals surface area contributed by atoms with Gasteiger partial charge >= 0.3 is 6.03 Å². The Hall–Kier alpha value is -2.93. The van der Waals surface area contributed by atoms with Gasteiger partial charge in [0.15, 0.2) is 5.13 Å². The zero-order chi connectivity index (χ0) is 18.6. The summed E-state index contributed by atoms with van der Waals surface area (Å²) in [5.74, 6) is -0.298. The molecule has 1 aromatic heterocycles. The quantitative estimate of drug-likeness (QED) is 0.716. The van der Waals surface area contributed by atoms with Crippen LogP contribution in [-0.2, 0) is 4.79 Å². The summed E-state index contributed by atoms with van der Waals surface area (Å²) in [5.41, 5.74) is 0.785. The van der Waals surface area contributed by atoms with E-state index in [1.165, 1.54) is 11.3 Å². The van der Waals surface area contributed by atoms with Crippen molar-refractivity contribution in [3.05, 3.63) is 54.0 Å². The highest BCUT2D eigenvalue weighted by atomic mass is 32.1. The Labute approximate surface area is 161 Å². The average molecular weight is 380 g/mol. The van der Waals surface area contributed by atoms with Gasteiger partial charge in [0.2, 0.25) is 5.91 Å². The van der Waals surface area contributed by atoms with Crippen LogP contribution < -0.4 is 10.6 Å².